The monoisotopic (exact) mass is 155 g/mol. The van der Waals surface area contributed by atoms with Crippen molar-refractivity contribution in [2.24, 2.45) is 0 Å². The van der Waals surface area contributed by atoms with Crippen LogP contribution < -0.4 is 0 Å². The molecule has 0 aromatic heterocycles. The lowest BCUT2D eigenvalue weighted by atomic mass is 9.89. The van der Waals surface area contributed by atoms with Gasteiger partial charge in [0.1, 0.15) is 0 Å². The lowest BCUT2D eigenvalue weighted by Crippen LogP contribution is -2.42. The van der Waals surface area contributed by atoms with Crippen LogP contribution in [0, 0.1) is 0 Å². The maximum atomic E-state index is 5.80. The first-order valence-electron chi connectivity index (χ1n) is 4.63. The molecule has 2 heteroatoms. The standard InChI is InChI=1S/C9H17NO/c1-10-6-4-9(5-7-10)3-2-8-11-9/h2-8H2,1H3. The Bertz CT molecular complexity index is 130. The second kappa shape index (κ2) is 2.76. The minimum atomic E-state index is 0.312. The van der Waals surface area contributed by atoms with Gasteiger partial charge in [0.2, 0.25) is 0 Å². The molecular formula is C9H17NO. The zero-order chi connectivity index (χ0) is 7.73. The summed E-state index contributed by atoms with van der Waals surface area (Å²) < 4.78 is 5.80. The van der Waals surface area contributed by atoms with Crippen molar-refractivity contribution in [3.8, 4) is 0 Å². The molecule has 0 aromatic carbocycles. The molecule has 0 amide bonds. The summed E-state index contributed by atoms with van der Waals surface area (Å²) in [5.74, 6) is 0. The number of hydrogen-bond acceptors (Lipinski definition) is 2. The summed E-state index contributed by atoms with van der Waals surface area (Å²) in [4.78, 5) is 2.40. The number of nitrogens with zero attached hydrogens (tertiary/aromatic N) is 1. The van der Waals surface area contributed by atoms with Gasteiger partial charge < -0.3 is 9.64 Å². The Morgan fingerprint density at radius 2 is 1.91 bits per heavy atom. The topological polar surface area (TPSA) is 12.5 Å². The summed E-state index contributed by atoms with van der Waals surface area (Å²) in [7, 11) is 2.20. The van der Waals surface area contributed by atoms with Gasteiger partial charge >= 0.3 is 0 Å². The number of likely N-dealkylation sites (tertiary alicyclic amines) is 1. The van der Waals surface area contributed by atoms with Crippen molar-refractivity contribution in [1.29, 1.82) is 0 Å². The van der Waals surface area contributed by atoms with Crippen LogP contribution in [0.5, 0.6) is 0 Å². The lowest BCUT2D eigenvalue weighted by Gasteiger charge is -2.36. The fraction of sp³-hybridized carbons (Fsp3) is 1.00. The molecule has 2 fully saturated rings. The Kier molecular flexibility index (Phi) is 1.90. The molecule has 2 aliphatic rings. The van der Waals surface area contributed by atoms with Gasteiger partial charge in [0, 0.05) is 19.7 Å². The summed E-state index contributed by atoms with van der Waals surface area (Å²) in [6, 6.07) is 0. The smallest absolute Gasteiger partial charge is 0.0707 e. The highest BCUT2D eigenvalue weighted by Crippen LogP contribution is 2.34. The van der Waals surface area contributed by atoms with E-state index < -0.39 is 0 Å². The van der Waals surface area contributed by atoms with Crippen molar-refractivity contribution in [1.82, 2.24) is 4.90 Å². The second-order valence-corrected chi connectivity index (χ2v) is 3.94. The van der Waals surface area contributed by atoms with Crippen LogP contribution in [-0.2, 0) is 4.74 Å². The van der Waals surface area contributed by atoms with E-state index in [9.17, 15) is 0 Å². The Labute approximate surface area is 68.5 Å². The minimum Gasteiger partial charge on any atom is -0.375 e. The van der Waals surface area contributed by atoms with Crippen molar-refractivity contribution in [3.63, 3.8) is 0 Å². The molecule has 2 nitrogen and oxygen atoms in total. The molecule has 0 bridgehead atoms. The summed E-state index contributed by atoms with van der Waals surface area (Å²) >= 11 is 0. The van der Waals surface area contributed by atoms with Crippen LogP contribution in [0.2, 0.25) is 0 Å². The fourth-order valence-corrected chi connectivity index (χ4v) is 2.18. The van der Waals surface area contributed by atoms with Crippen molar-refractivity contribution < 1.29 is 4.74 Å². The minimum absolute atomic E-state index is 0.312. The number of hydrogen-bond donors (Lipinski definition) is 0. The summed E-state index contributed by atoms with van der Waals surface area (Å²) in [6.45, 7) is 3.45. The first-order chi connectivity index (χ1) is 5.31. The highest BCUT2D eigenvalue weighted by Gasteiger charge is 2.37. The molecular weight excluding hydrogens is 138 g/mol. The molecule has 0 atom stereocenters. The highest BCUT2D eigenvalue weighted by molar-refractivity contribution is 4.89. The van der Waals surface area contributed by atoms with Crippen LogP contribution >= 0.6 is 0 Å². The molecule has 2 saturated heterocycles. The predicted octanol–water partition coefficient (Wildman–Crippen LogP) is 1.26. The van der Waals surface area contributed by atoms with Crippen LogP contribution in [0.1, 0.15) is 25.7 Å². The normalized spacial score (nSPS) is 31.4. The second-order valence-electron chi connectivity index (χ2n) is 3.94. The Morgan fingerprint density at radius 1 is 1.18 bits per heavy atom. The van der Waals surface area contributed by atoms with Crippen molar-refractivity contribution >= 4 is 0 Å². The van der Waals surface area contributed by atoms with Gasteiger partial charge in [0.15, 0.2) is 0 Å². The van der Waals surface area contributed by atoms with Gasteiger partial charge in [0.05, 0.1) is 5.60 Å². The molecule has 2 heterocycles. The van der Waals surface area contributed by atoms with Gasteiger partial charge in [-0.3, -0.25) is 0 Å². The summed E-state index contributed by atoms with van der Waals surface area (Å²) in [5.41, 5.74) is 0.312. The van der Waals surface area contributed by atoms with Gasteiger partial charge in [-0.05, 0) is 32.7 Å². The van der Waals surface area contributed by atoms with Gasteiger partial charge in [-0.25, -0.2) is 0 Å². The molecule has 2 rings (SSSR count). The van der Waals surface area contributed by atoms with Gasteiger partial charge in [-0.2, -0.15) is 0 Å². The van der Waals surface area contributed by atoms with Crippen LogP contribution in [0.15, 0.2) is 0 Å². The maximum absolute atomic E-state index is 5.80. The molecule has 0 unspecified atom stereocenters. The van der Waals surface area contributed by atoms with Gasteiger partial charge in [0.25, 0.3) is 0 Å². The number of piperidine rings is 1. The van der Waals surface area contributed by atoms with Crippen LogP contribution in [-0.4, -0.2) is 37.2 Å². The molecule has 2 aliphatic heterocycles. The van der Waals surface area contributed by atoms with Gasteiger partial charge in [-0.15, -0.1) is 0 Å². The molecule has 64 valence electrons. The largest absolute Gasteiger partial charge is 0.375 e. The Morgan fingerprint density at radius 3 is 2.45 bits per heavy atom. The van der Waals surface area contributed by atoms with Crippen molar-refractivity contribution in [2.75, 3.05) is 26.7 Å². The third-order valence-corrected chi connectivity index (χ3v) is 3.08. The Hall–Kier alpha value is -0.0800. The number of rotatable bonds is 0. The van der Waals surface area contributed by atoms with Crippen molar-refractivity contribution in [3.05, 3.63) is 0 Å². The Balaban J connectivity index is 1.94. The van der Waals surface area contributed by atoms with E-state index in [-0.39, 0.29) is 0 Å². The van der Waals surface area contributed by atoms with E-state index in [1.807, 2.05) is 0 Å². The third-order valence-electron chi connectivity index (χ3n) is 3.08. The van der Waals surface area contributed by atoms with E-state index >= 15 is 0 Å². The molecule has 0 saturated carbocycles. The molecule has 1 spiro atoms. The molecule has 11 heavy (non-hydrogen) atoms. The van der Waals surface area contributed by atoms with Crippen LogP contribution in [0.3, 0.4) is 0 Å². The van der Waals surface area contributed by atoms with E-state index in [1.54, 1.807) is 0 Å². The first kappa shape index (κ1) is 7.56. The van der Waals surface area contributed by atoms with E-state index in [1.165, 1.54) is 38.8 Å². The quantitative estimate of drug-likeness (QED) is 0.522. The third kappa shape index (κ3) is 1.42. The maximum Gasteiger partial charge on any atom is 0.0707 e. The van der Waals surface area contributed by atoms with Crippen LogP contribution in [0.25, 0.3) is 0 Å². The lowest BCUT2D eigenvalue weighted by molar-refractivity contribution is -0.0390. The zero-order valence-electron chi connectivity index (χ0n) is 7.31. The van der Waals surface area contributed by atoms with E-state index in [2.05, 4.69) is 11.9 Å². The summed E-state index contributed by atoms with van der Waals surface area (Å²) in [6.07, 6.45) is 5.09. The predicted molar refractivity (Wildman–Crippen MR) is 44.6 cm³/mol. The van der Waals surface area contributed by atoms with E-state index in [4.69, 9.17) is 4.74 Å². The number of ether oxygens (including phenoxy) is 1. The summed E-state index contributed by atoms with van der Waals surface area (Å²) in [5, 5.41) is 0. The van der Waals surface area contributed by atoms with E-state index in [0.717, 1.165) is 6.61 Å². The molecule has 0 N–H and O–H groups in total. The van der Waals surface area contributed by atoms with E-state index in [0.29, 0.717) is 5.60 Å². The molecule has 0 aromatic rings. The van der Waals surface area contributed by atoms with Crippen molar-refractivity contribution in [2.45, 2.75) is 31.3 Å². The zero-order valence-corrected chi connectivity index (χ0v) is 7.31. The fourth-order valence-electron chi connectivity index (χ4n) is 2.18. The first-order valence-corrected chi connectivity index (χ1v) is 4.63. The molecule has 0 aliphatic carbocycles. The van der Waals surface area contributed by atoms with Gasteiger partial charge in [-0.1, -0.05) is 0 Å². The average Bonchev–Trinajstić information content (AvgIpc) is 2.45. The molecule has 0 radical (unpaired) electrons. The SMILES string of the molecule is CN1CCC2(CCCO2)CC1. The highest BCUT2D eigenvalue weighted by atomic mass is 16.5. The average molecular weight is 155 g/mol. The van der Waals surface area contributed by atoms with Crippen LogP contribution in [0.4, 0.5) is 0 Å².